The third kappa shape index (κ3) is 4.73. The molecule has 1 aromatic carbocycles. The first-order chi connectivity index (χ1) is 15.9. The number of aryl methyl sites for hydroxylation is 1. The van der Waals surface area contributed by atoms with E-state index in [1.165, 1.54) is 5.56 Å². The van der Waals surface area contributed by atoms with E-state index in [9.17, 15) is 4.79 Å². The Morgan fingerprint density at radius 3 is 2.76 bits per heavy atom. The van der Waals surface area contributed by atoms with Gasteiger partial charge >= 0.3 is 0 Å². The number of nitrogens with zero attached hydrogens (tertiary/aromatic N) is 2. The number of carbonyl (C=O) groups excluding carboxylic acids is 1. The summed E-state index contributed by atoms with van der Waals surface area (Å²) in [5, 5.41) is 5.09. The van der Waals surface area contributed by atoms with Crippen molar-refractivity contribution in [3.8, 4) is 5.75 Å². The lowest BCUT2D eigenvalue weighted by Gasteiger charge is -2.27. The lowest BCUT2D eigenvalue weighted by molar-refractivity contribution is 0.0949. The van der Waals surface area contributed by atoms with Crippen LogP contribution in [0.15, 0.2) is 34.7 Å². The zero-order chi connectivity index (χ0) is 23.6. The number of aromatic nitrogens is 2. The fraction of sp³-hybridized carbons (Fsp3) is 0.462. The second-order valence-electron chi connectivity index (χ2n) is 9.00. The molecule has 0 aliphatic carbocycles. The maximum Gasteiger partial charge on any atom is 0.197 e. The van der Waals surface area contributed by atoms with Crippen molar-refractivity contribution in [2.24, 2.45) is 5.73 Å². The van der Waals surface area contributed by atoms with Crippen molar-refractivity contribution in [3.63, 3.8) is 0 Å². The molecule has 1 atom stereocenters. The molecule has 0 amide bonds. The largest absolute Gasteiger partial charge is 0.492 e. The van der Waals surface area contributed by atoms with Gasteiger partial charge in [0.1, 0.15) is 11.5 Å². The number of ketones is 1. The Kier molecular flexibility index (Phi) is 6.96. The number of unbranched alkanes of at least 4 members (excludes halogenated alkanes) is 1. The molecular weight excluding hydrogens is 438 g/mol. The lowest BCUT2D eigenvalue weighted by atomic mass is 9.75. The van der Waals surface area contributed by atoms with Crippen LogP contribution in [0.3, 0.4) is 0 Å². The van der Waals surface area contributed by atoms with Gasteiger partial charge in [-0.25, -0.2) is 0 Å². The number of ether oxygens (including phenoxy) is 1. The van der Waals surface area contributed by atoms with Crippen LogP contribution >= 0.6 is 11.6 Å². The van der Waals surface area contributed by atoms with E-state index in [0.29, 0.717) is 42.7 Å². The monoisotopic (exact) mass is 469 g/mol. The summed E-state index contributed by atoms with van der Waals surface area (Å²) in [6.45, 7) is 7.68. The molecule has 2 N–H and O–H groups in total. The van der Waals surface area contributed by atoms with Gasteiger partial charge in [0.2, 0.25) is 0 Å². The molecule has 0 saturated heterocycles. The van der Waals surface area contributed by atoms with Gasteiger partial charge in [-0.1, -0.05) is 37.1 Å². The summed E-state index contributed by atoms with van der Waals surface area (Å²) in [6, 6.07) is 9.86. The molecule has 176 valence electrons. The summed E-state index contributed by atoms with van der Waals surface area (Å²) < 4.78 is 13.6. The van der Waals surface area contributed by atoms with Crippen LogP contribution in [0, 0.1) is 13.8 Å². The second-order valence-corrected chi connectivity index (χ2v) is 9.37. The lowest BCUT2D eigenvalue weighted by Crippen LogP contribution is -2.27. The van der Waals surface area contributed by atoms with Crippen molar-refractivity contribution < 1.29 is 13.9 Å². The highest BCUT2D eigenvalue weighted by Gasteiger charge is 2.38. The number of Topliss-reactive ketones (excluding diaryl/α,β-unsaturated/α-hetero) is 1. The summed E-state index contributed by atoms with van der Waals surface area (Å²) >= 11 is 6.22. The summed E-state index contributed by atoms with van der Waals surface area (Å²) in [4.78, 5) is 12.7. The summed E-state index contributed by atoms with van der Waals surface area (Å²) in [6.07, 6.45) is 4.22. The number of halogens is 1. The van der Waals surface area contributed by atoms with Crippen LogP contribution < -0.4 is 10.5 Å². The van der Waals surface area contributed by atoms with E-state index >= 15 is 0 Å². The average Bonchev–Trinajstić information content (AvgIpc) is 3.50. The molecule has 0 saturated carbocycles. The molecule has 0 radical (unpaired) electrons. The fourth-order valence-electron chi connectivity index (χ4n) is 4.68. The Balaban J connectivity index is 1.32. The normalized spacial score (nSPS) is 17.2. The number of rotatable bonds is 10. The van der Waals surface area contributed by atoms with Gasteiger partial charge in [0.15, 0.2) is 11.5 Å². The van der Waals surface area contributed by atoms with Crippen LogP contribution in [-0.4, -0.2) is 22.2 Å². The van der Waals surface area contributed by atoms with E-state index in [4.69, 9.17) is 26.5 Å². The van der Waals surface area contributed by atoms with Crippen LogP contribution in [0.25, 0.3) is 0 Å². The highest BCUT2D eigenvalue weighted by molar-refractivity contribution is 6.31. The molecule has 6 nitrogen and oxygen atoms in total. The van der Waals surface area contributed by atoms with Gasteiger partial charge in [0.25, 0.3) is 0 Å². The van der Waals surface area contributed by atoms with E-state index in [1.54, 1.807) is 10.7 Å². The Labute approximate surface area is 200 Å². The summed E-state index contributed by atoms with van der Waals surface area (Å²) in [7, 11) is 0. The molecule has 4 rings (SSSR count). The molecule has 0 spiro atoms. The van der Waals surface area contributed by atoms with Gasteiger partial charge in [-0.3, -0.25) is 9.48 Å². The van der Waals surface area contributed by atoms with Gasteiger partial charge < -0.3 is 14.9 Å². The van der Waals surface area contributed by atoms with Crippen molar-refractivity contribution in [3.05, 3.63) is 69.4 Å². The quantitative estimate of drug-likeness (QED) is 0.302. The molecule has 0 bridgehead atoms. The van der Waals surface area contributed by atoms with Gasteiger partial charge in [-0.15, -0.1) is 0 Å². The minimum absolute atomic E-state index is 0.00242. The Hall–Kier alpha value is -2.57. The molecule has 33 heavy (non-hydrogen) atoms. The fourth-order valence-corrected chi connectivity index (χ4v) is 4.81. The van der Waals surface area contributed by atoms with Crippen molar-refractivity contribution in [1.82, 2.24) is 9.78 Å². The van der Waals surface area contributed by atoms with Crippen molar-refractivity contribution in [1.29, 1.82) is 0 Å². The van der Waals surface area contributed by atoms with Gasteiger partial charge in [-0.2, -0.15) is 5.10 Å². The van der Waals surface area contributed by atoms with Gasteiger partial charge in [0, 0.05) is 23.9 Å². The molecule has 1 aliphatic heterocycles. The zero-order valence-corrected chi connectivity index (χ0v) is 20.4. The number of hydrogen-bond donors (Lipinski definition) is 1. The molecule has 0 fully saturated rings. The molecule has 7 heteroatoms. The van der Waals surface area contributed by atoms with Crippen LogP contribution in [-0.2, 0) is 18.5 Å². The number of hydrogen-bond acceptors (Lipinski definition) is 5. The van der Waals surface area contributed by atoms with E-state index in [1.807, 2.05) is 32.0 Å². The first-order valence-corrected chi connectivity index (χ1v) is 12.0. The highest BCUT2D eigenvalue weighted by Crippen LogP contribution is 2.45. The zero-order valence-electron chi connectivity index (χ0n) is 19.6. The van der Waals surface area contributed by atoms with Gasteiger partial charge in [-0.05, 0) is 56.9 Å². The molecule has 1 unspecified atom stereocenters. The van der Waals surface area contributed by atoms with Crippen molar-refractivity contribution in [2.75, 3.05) is 6.61 Å². The standard InChI is InChI=1S/C26H32ClN3O3/c1-4-26(16-32-23-10-8-19(14-28)13-21(23)26)12-6-5-7-22(31)24-11-9-20(33-24)15-30-18(3)25(27)17(2)29-30/h8-11,13H,4-7,12,14-16,28H2,1-3H3. The van der Waals surface area contributed by atoms with E-state index < -0.39 is 0 Å². The van der Waals surface area contributed by atoms with Gasteiger partial charge in [0.05, 0.1) is 29.6 Å². The maximum absolute atomic E-state index is 12.7. The summed E-state index contributed by atoms with van der Waals surface area (Å²) in [5.74, 6) is 2.11. The van der Waals surface area contributed by atoms with E-state index in [-0.39, 0.29) is 11.2 Å². The second kappa shape index (κ2) is 9.74. The number of fused-ring (bicyclic) bond motifs is 1. The summed E-state index contributed by atoms with van der Waals surface area (Å²) in [5.41, 5.74) is 9.92. The van der Waals surface area contributed by atoms with Crippen LogP contribution in [0.4, 0.5) is 0 Å². The SMILES string of the molecule is CCC1(CCCCC(=O)c2ccc(Cn3nc(C)c(Cl)c3C)o2)COc2ccc(CN)cc21. The molecule has 1 aliphatic rings. The first kappa shape index (κ1) is 23.6. The Bertz CT molecular complexity index is 1150. The third-order valence-electron chi connectivity index (χ3n) is 6.88. The first-order valence-electron chi connectivity index (χ1n) is 11.6. The third-order valence-corrected chi connectivity index (χ3v) is 7.42. The molecule has 3 heterocycles. The van der Waals surface area contributed by atoms with Crippen molar-refractivity contribution >= 4 is 17.4 Å². The molecular formula is C26H32ClN3O3. The minimum atomic E-state index is 0.00242. The predicted molar refractivity (Wildman–Crippen MR) is 129 cm³/mol. The van der Waals surface area contributed by atoms with Crippen molar-refractivity contribution in [2.45, 2.75) is 71.4 Å². The maximum atomic E-state index is 12.7. The van der Waals surface area contributed by atoms with E-state index in [2.05, 4.69) is 18.1 Å². The number of nitrogens with two attached hydrogens (primary N) is 1. The van der Waals surface area contributed by atoms with Crippen LogP contribution in [0.1, 0.15) is 77.9 Å². The minimum Gasteiger partial charge on any atom is -0.492 e. The van der Waals surface area contributed by atoms with E-state index in [0.717, 1.165) is 48.4 Å². The number of carbonyl (C=O) groups is 1. The topological polar surface area (TPSA) is 83.3 Å². The molecule has 2 aromatic heterocycles. The predicted octanol–water partition coefficient (Wildman–Crippen LogP) is 5.74. The Morgan fingerprint density at radius 1 is 1.24 bits per heavy atom. The number of benzene rings is 1. The average molecular weight is 470 g/mol. The van der Waals surface area contributed by atoms with Crippen LogP contribution in [0.5, 0.6) is 5.75 Å². The smallest absolute Gasteiger partial charge is 0.197 e. The highest BCUT2D eigenvalue weighted by atomic mass is 35.5. The molecule has 3 aromatic rings. The Morgan fingerprint density at radius 2 is 2.06 bits per heavy atom. The number of furan rings is 1. The van der Waals surface area contributed by atoms with Crippen LogP contribution in [0.2, 0.25) is 5.02 Å².